The lowest BCUT2D eigenvalue weighted by Gasteiger charge is -2.05. The van der Waals surface area contributed by atoms with Crippen LogP contribution in [0.25, 0.3) is 0 Å². The van der Waals surface area contributed by atoms with Gasteiger partial charge in [0.25, 0.3) is 5.91 Å². The van der Waals surface area contributed by atoms with Crippen molar-refractivity contribution in [1.82, 2.24) is 15.3 Å². The van der Waals surface area contributed by atoms with Crippen LogP contribution < -0.4 is 5.32 Å². The van der Waals surface area contributed by atoms with E-state index < -0.39 is 0 Å². The topological polar surface area (TPSA) is 54.9 Å². The van der Waals surface area contributed by atoms with Gasteiger partial charge in [-0.05, 0) is 30.5 Å². The Balaban J connectivity index is 1.84. The molecule has 1 N–H and O–H groups in total. The van der Waals surface area contributed by atoms with Crippen molar-refractivity contribution in [2.75, 3.05) is 12.8 Å². The summed E-state index contributed by atoms with van der Waals surface area (Å²) in [7, 11) is 0. The van der Waals surface area contributed by atoms with E-state index in [1.807, 2.05) is 30.5 Å². The Morgan fingerprint density at radius 2 is 2.05 bits per heavy atom. The van der Waals surface area contributed by atoms with Crippen LogP contribution in [0.5, 0.6) is 0 Å². The van der Waals surface area contributed by atoms with E-state index in [1.54, 1.807) is 30.4 Å². The molecule has 1 heterocycles. The van der Waals surface area contributed by atoms with Crippen LogP contribution in [0.3, 0.4) is 0 Å². The van der Waals surface area contributed by atoms with Gasteiger partial charge in [0.15, 0.2) is 0 Å². The molecule has 2 aromatic rings. The summed E-state index contributed by atoms with van der Waals surface area (Å²) >= 11 is 1.66. The number of thioether (sulfide) groups is 1. The maximum Gasteiger partial charge on any atom is 0.251 e. The lowest BCUT2D eigenvalue weighted by atomic mass is 10.2. The van der Waals surface area contributed by atoms with Gasteiger partial charge in [-0.1, -0.05) is 0 Å². The average molecular weight is 273 g/mol. The molecule has 1 amide bonds. The number of hydrogen-bond acceptors (Lipinski definition) is 4. The zero-order valence-electron chi connectivity index (χ0n) is 10.7. The third-order valence-electron chi connectivity index (χ3n) is 2.64. The first kappa shape index (κ1) is 13.5. The first-order valence-electron chi connectivity index (χ1n) is 5.97. The van der Waals surface area contributed by atoms with Crippen LogP contribution in [-0.4, -0.2) is 28.7 Å². The van der Waals surface area contributed by atoms with Gasteiger partial charge in [-0.25, -0.2) is 0 Å². The van der Waals surface area contributed by atoms with E-state index in [1.165, 1.54) is 0 Å². The highest BCUT2D eigenvalue weighted by Gasteiger charge is 2.04. The molecule has 0 saturated heterocycles. The predicted octanol–water partition coefficient (Wildman–Crippen LogP) is 2.17. The molecule has 5 heteroatoms. The fraction of sp³-hybridized carbons (Fsp3) is 0.214. The number of nitrogens with zero attached hydrogens (tertiary/aromatic N) is 2. The number of carbonyl (C=O) groups excluding carboxylic acids is 1. The molecule has 0 aliphatic carbocycles. The van der Waals surface area contributed by atoms with E-state index in [9.17, 15) is 4.79 Å². The molecule has 0 unspecified atom stereocenters. The summed E-state index contributed by atoms with van der Waals surface area (Å²) in [5.74, 6) is -0.0588. The summed E-state index contributed by atoms with van der Waals surface area (Å²) in [5.41, 5.74) is 1.55. The van der Waals surface area contributed by atoms with Crippen LogP contribution in [0.1, 0.15) is 16.1 Å². The van der Waals surface area contributed by atoms with E-state index >= 15 is 0 Å². The Labute approximate surface area is 116 Å². The quantitative estimate of drug-likeness (QED) is 0.848. The summed E-state index contributed by atoms with van der Waals surface area (Å²) in [6, 6.07) is 7.57. The number of hydrogen-bond donors (Lipinski definition) is 1. The average Bonchev–Trinajstić information content (AvgIpc) is 2.48. The lowest BCUT2D eigenvalue weighted by molar-refractivity contribution is 0.0954. The SMILES string of the molecule is CSc1ccc(C(=O)NCCc2cnccn2)cc1. The van der Waals surface area contributed by atoms with Crippen molar-refractivity contribution < 1.29 is 4.79 Å². The molecule has 0 atom stereocenters. The Bertz CT molecular complexity index is 528. The molecule has 19 heavy (non-hydrogen) atoms. The van der Waals surface area contributed by atoms with Gasteiger partial charge in [-0.15, -0.1) is 11.8 Å². The summed E-state index contributed by atoms with van der Waals surface area (Å²) in [6.45, 7) is 0.557. The van der Waals surface area contributed by atoms with Gasteiger partial charge in [0.1, 0.15) is 0 Å². The third kappa shape index (κ3) is 4.06. The van der Waals surface area contributed by atoms with Crippen molar-refractivity contribution in [2.24, 2.45) is 0 Å². The van der Waals surface area contributed by atoms with Crippen LogP contribution in [-0.2, 0) is 6.42 Å². The molecule has 1 aromatic heterocycles. The normalized spacial score (nSPS) is 10.2. The molecular formula is C14H15N3OS. The molecule has 0 aliphatic rings. The Kier molecular flexibility index (Phi) is 4.92. The highest BCUT2D eigenvalue weighted by Crippen LogP contribution is 2.14. The molecule has 0 radical (unpaired) electrons. The molecule has 0 saturated carbocycles. The Hall–Kier alpha value is -1.88. The van der Waals surface area contributed by atoms with Crippen LogP contribution in [0.2, 0.25) is 0 Å². The molecule has 1 aromatic carbocycles. The van der Waals surface area contributed by atoms with Crippen molar-refractivity contribution in [3.8, 4) is 0 Å². The van der Waals surface area contributed by atoms with Gasteiger partial charge in [0.2, 0.25) is 0 Å². The first-order chi connectivity index (χ1) is 9.29. The summed E-state index contributed by atoms with van der Waals surface area (Å²) in [5, 5.41) is 2.87. The van der Waals surface area contributed by atoms with E-state index in [-0.39, 0.29) is 5.91 Å². The second kappa shape index (κ2) is 6.89. The molecule has 0 spiro atoms. The molecular weight excluding hydrogens is 258 g/mol. The van der Waals surface area contributed by atoms with Gasteiger partial charge >= 0.3 is 0 Å². The smallest absolute Gasteiger partial charge is 0.251 e. The zero-order chi connectivity index (χ0) is 13.5. The second-order valence-corrected chi connectivity index (χ2v) is 4.81. The summed E-state index contributed by atoms with van der Waals surface area (Å²) < 4.78 is 0. The van der Waals surface area contributed by atoms with Crippen molar-refractivity contribution in [3.05, 3.63) is 54.1 Å². The number of carbonyl (C=O) groups is 1. The second-order valence-electron chi connectivity index (χ2n) is 3.93. The van der Waals surface area contributed by atoms with Gasteiger partial charge in [0, 0.05) is 42.0 Å². The molecule has 4 nitrogen and oxygen atoms in total. The number of aromatic nitrogens is 2. The number of amides is 1. The fourth-order valence-corrected chi connectivity index (χ4v) is 2.02. The van der Waals surface area contributed by atoms with E-state index in [4.69, 9.17) is 0 Å². The fourth-order valence-electron chi connectivity index (χ4n) is 1.61. The zero-order valence-corrected chi connectivity index (χ0v) is 11.5. The van der Waals surface area contributed by atoms with Crippen LogP contribution in [0.4, 0.5) is 0 Å². The number of rotatable bonds is 5. The first-order valence-corrected chi connectivity index (χ1v) is 7.19. The standard InChI is InChI=1S/C14H15N3OS/c1-19-13-4-2-11(3-5-13)14(18)17-7-6-12-10-15-8-9-16-12/h2-5,8-10H,6-7H2,1H3,(H,17,18). The minimum Gasteiger partial charge on any atom is -0.352 e. The van der Waals surface area contributed by atoms with E-state index in [2.05, 4.69) is 15.3 Å². The van der Waals surface area contributed by atoms with Crippen LogP contribution in [0, 0.1) is 0 Å². The number of benzene rings is 1. The monoisotopic (exact) mass is 273 g/mol. The van der Waals surface area contributed by atoms with Crippen LogP contribution in [0.15, 0.2) is 47.8 Å². The number of nitrogens with one attached hydrogen (secondary N) is 1. The highest BCUT2D eigenvalue weighted by molar-refractivity contribution is 7.98. The van der Waals surface area contributed by atoms with Crippen molar-refractivity contribution >= 4 is 17.7 Å². The molecule has 0 fully saturated rings. The van der Waals surface area contributed by atoms with E-state index in [0.717, 1.165) is 10.6 Å². The minimum absolute atomic E-state index is 0.0588. The van der Waals surface area contributed by atoms with Gasteiger partial charge in [-0.3, -0.25) is 14.8 Å². The Morgan fingerprint density at radius 1 is 1.26 bits per heavy atom. The van der Waals surface area contributed by atoms with Crippen molar-refractivity contribution in [3.63, 3.8) is 0 Å². The maximum absolute atomic E-state index is 11.9. The molecule has 2 rings (SSSR count). The largest absolute Gasteiger partial charge is 0.352 e. The van der Waals surface area contributed by atoms with Crippen molar-refractivity contribution in [1.29, 1.82) is 0 Å². The summed E-state index contributed by atoms with van der Waals surface area (Å²) in [4.78, 5) is 21.2. The maximum atomic E-state index is 11.9. The third-order valence-corrected chi connectivity index (χ3v) is 3.38. The summed E-state index contributed by atoms with van der Waals surface area (Å²) in [6.07, 6.45) is 7.69. The Morgan fingerprint density at radius 3 is 2.68 bits per heavy atom. The lowest BCUT2D eigenvalue weighted by Crippen LogP contribution is -2.25. The molecule has 98 valence electrons. The van der Waals surface area contributed by atoms with Gasteiger partial charge in [0.05, 0.1) is 5.69 Å². The molecule has 0 bridgehead atoms. The van der Waals surface area contributed by atoms with E-state index in [0.29, 0.717) is 18.5 Å². The minimum atomic E-state index is -0.0588. The van der Waals surface area contributed by atoms with Gasteiger partial charge < -0.3 is 5.32 Å². The highest BCUT2D eigenvalue weighted by atomic mass is 32.2. The van der Waals surface area contributed by atoms with Crippen LogP contribution >= 0.6 is 11.8 Å². The van der Waals surface area contributed by atoms with Gasteiger partial charge in [-0.2, -0.15) is 0 Å². The molecule has 0 aliphatic heterocycles. The van der Waals surface area contributed by atoms with Crippen molar-refractivity contribution in [2.45, 2.75) is 11.3 Å². The predicted molar refractivity (Wildman–Crippen MR) is 76.3 cm³/mol.